The molecule has 0 radical (unpaired) electrons. The van der Waals surface area contributed by atoms with Crippen LogP contribution in [0.3, 0.4) is 0 Å². The van der Waals surface area contributed by atoms with E-state index in [0.717, 1.165) is 0 Å². The van der Waals surface area contributed by atoms with Crippen LogP contribution in [-0.4, -0.2) is 45.7 Å². The zero-order valence-corrected chi connectivity index (χ0v) is 16.2. The minimum absolute atomic E-state index is 0.401. The monoisotopic (exact) mass is 360 g/mol. The summed E-state index contributed by atoms with van der Waals surface area (Å²) in [6, 6.07) is 1.72. The van der Waals surface area contributed by atoms with Crippen LogP contribution in [0.1, 0.15) is 19.3 Å². The maximum absolute atomic E-state index is 12.5. The maximum atomic E-state index is 12.5. The van der Waals surface area contributed by atoms with Crippen molar-refractivity contribution >= 4 is 25.7 Å². The molecule has 0 atom stereocenters. The summed E-state index contributed by atoms with van der Waals surface area (Å²) in [6.45, 7) is 4.61. The van der Waals surface area contributed by atoms with Crippen LogP contribution >= 0.6 is 0 Å². The first kappa shape index (κ1) is 19.4. The Morgan fingerprint density at radius 2 is 0.810 bits per heavy atom. The topological polar surface area (TPSA) is 27.7 Å². The van der Waals surface area contributed by atoms with E-state index in [2.05, 4.69) is 0 Å². The van der Waals surface area contributed by atoms with Crippen LogP contribution in [0.25, 0.3) is 0 Å². The summed E-state index contributed by atoms with van der Waals surface area (Å²) >= 11 is 0. The molecule has 1 aliphatic heterocycles. The molecule has 0 aromatic carbocycles. The Labute approximate surface area is 128 Å². The molecule has 0 spiro atoms. The van der Waals surface area contributed by atoms with Gasteiger partial charge in [0.2, 0.25) is 0 Å². The lowest BCUT2D eigenvalue weighted by Gasteiger charge is -2.50. The summed E-state index contributed by atoms with van der Waals surface area (Å²) in [4.78, 5) is 0. The zero-order chi connectivity index (χ0) is 16.0. The van der Waals surface area contributed by atoms with Crippen LogP contribution in [0.4, 0.5) is 13.2 Å². The summed E-state index contributed by atoms with van der Waals surface area (Å²) in [6.07, 6.45) is 1.22. The summed E-state index contributed by atoms with van der Waals surface area (Å²) in [5.74, 6) is 0. The van der Waals surface area contributed by atoms with Crippen molar-refractivity contribution in [2.24, 2.45) is 0 Å². The van der Waals surface area contributed by atoms with Gasteiger partial charge < -0.3 is 12.3 Å². The molecule has 0 N–H and O–H groups in total. The van der Waals surface area contributed by atoms with Crippen molar-refractivity contribution < 1.29 is 25.5 Å². The number of alkyl halides is 3. The van der Waals surface area contributed by atoms with E-state index in [-0.39, 0.29) is 0 Å². The molecule has 0 aromatic heterocycles. The van der Waals surface area contributed by atoms with E-state index < -0.39 is 45.7 Å². The third-order valence-corrected chi connectivity index (χ3v) is 17.7. The van der Waals surface area contributed by atoms with Crippen LogP contribution in [-0.2, 0) is 12.3 Å². The van der Waals surface area contributed by atoms with Crippen molar-refractivity contribution in [1.29, 1.82) is 0 Å². The van der Waals surface area contributed by atoms with Gasteiger partial charge in [-0.25, -0.2) is 0 Å². The molecule has 126 valence electrons. The van der Waals surface area contributed by atoms with Crippen molar-refractivity contribution in [3.8, 4) is 0 Å². The second-order valence-corrected chi connectivity index (χ2v) is 16.8. The minimum atomic E-state index is -2.51. The molecule has 0 bridgehead atoms. The first-order chi connectivity index (χ1) is 9.80. The molecular formula is C12H27F3O3Si3. The summed E-state index contributed by atoms with van der Waals surface area (Å²) in [5, 5.41) is 0. The molecule has 0 unspecified atom stereocenters. The highest BCUT2D eigenvalue weighted by Gasteiger charge is 2.55. The average molecular weight is 361 g/mol. The Balaban J connectivity index is 2.86. The van der Waals surface area contributed by atoms with Gasteiger partial charge in [-0.15, -0.1) is 0 Å². The molecule has 1 rings (SSSR count). The highest BCUT2D eigenvalue weighted by molar-refractivity contribution is 6.93. The van der Waals surface area contributed by atoms with Crippen LogP contribution in [0.2, 0.25) is 37.8 Å². The second-order valence-electron chi connectivity index (χ2n) is 6.09. The van der Waals surface area contributed by atoms with Gasteiger partial charge in [-0.05, 0) is 57.0 Å². The molecule has 1 aliphatic rings. The van der Waals surface area contributed by atoms with E-state index in [1.165, 1.54) is 0 Å². The van der Waals surface area contributed by atoms with Gasteiger partial charge in [0.15, 0.2) is 0 Å². The third kappa shape index (κ3) is 6.14. The maximum Gasteiger partial charge on any atom is 0.317 e. The van der Waals surface area contributed by atoms with Crippen molar-refractivity contribution in [3.63, 3.8) is 0 Å². The number of rotatable bonds is 9. The van der Waals surface area contributed by atoms with Crippen LogP contribution in [0, 0.1) is 0 Å². The zero-order valence-electron chi connectivity index (χ0n) is 13.2. The molecule has 0 amide bonds. The van der Waals surface area contributed by atoms with Gasteiger partial charge in [0.1, 0.15) is 0 Å². The van der Waals surface area contributed by atoms with E-state index in [4.69, 9.17) is 12.3 Å². The lowest BCUT2D eigenvalue weighted by Crippen LogP contribution is -2.67. The molecule has 0 aromatic rings. The molecule has 1 heterocycles. The van der Waals surface area contributed by atoms with Crippen molar-refractivity contribution in [3.05, 3.63) is 0 Å². The SMILES string of the molecule is C[Si]1(CCCF)O[Si](C)(CCCF)O[Si](C)(CCCF)O1. The van der Waals surface area contributed by atoms with Crippen LogP contribution in [0.15, 0.2) is 0 Å². The first-order valence-corrected chi connectivity index (χ1v) is 15.2. The van der Waals surface area contributed by atoms with Gasteiger partial charge in [-0.1, -0.05) is 0 Å². The van der Waals surface area contributed by atoms with Gasteiger partial charge in [0, 0.05) is 0 Å². The van der Waals surface area contributed by atoms with Gasteiger partial charge in [-0.2, -0.15) is 0 Å². The van der Waals surface area contributed by atoms with Crippen LogP contribution < -0.4 is 0 Å². The second kappa shape index (κ2) is 8.25. The summed E-state index contributed by atoms with van der Waals surface area (Å²) < 4.78 is 56.1. The van der Waals surface area contributed by atoms with Gasteiger partial charge >= 0.3 is 25.7 Å². The number of hydrogen-bond acceptors (Lipinski definition) is 3. The Bertz CT molecular complexity index is 270. The molecule has 0 aliphatic carbocycles. The fourth-order valence-corrected chi connectivity index (χ4v) is 20.3. The molecular weight excluding hydrogens is 333 g/mol. The van der Waals surface area contributed by atoms with Crippen molar-refractivity contribution in [2.75, 3.05) is 20.0 Å². The Morgan fingerprint density at radius 3 is 1.00 bits per heavy atom. The smallest absolute Gasteiger partial charge is 0.317 e. The molecule has 9 heteroatoms. The van der Waals surface area contributed by atoms with Gasteiger partial charge in [-0.3, -0.25) is 13.2 Å². The normalized spacial score (nSPS) is 36.9. The van der Waals surface area contributed by atoms with Gasteiger partial charge in [0.25, 0.3) is 0 Å². The largest absolute Gasteiger partial charge is 0.416 e. The predicted octanol–water partition coefficient (Wildman–Crippen LogP) is 4.34. The highest BCUT2D eigenvalue weighted by Crippen LogP contribution is 2.38. The first-order valence-electron chi connectivity index (χ1n) is 7.59. The molecule has 21 heavy (non-hydrogen) atoms. The lowest BCUT2D eigenvalue weighted by molar-refractivity contribution is 0.217. The Kier molecular flexibility index (Phi) is 7.61. The fourth-order valence-electron chi connectivity index (χ4n) is 2.90. The Morgan fingerprint density at radius 1 is 0.571 bits per heavy atom. The van der Waals surface area contributed by atoms with E-state index in [1.54, 1.807) is 0 Å². The lowest BCUT2D eigenvalue weighted by atomic mass is 10.6. The molecule has 1 fully saturated rings. The fraction of sp³-hybridized carbons (Fsp3) is 1.00. The molecule has 3 nitrogen and oxygen atoms in total. The van der Waals surface area contributed by atoms with Crippen LogP contribution in [0.5, 0.6) is 0 Å². The van der Waals surface area contributed by atoms with Crippen molar-refractivity contribution in [2.45, 2.75) is 57.0 Å². The average Bonchev–Trinajstić information content (AvgIpc) is 2.39. The van der Waals surface area contributed by atoms with E-state index >= 15 is 0 Å². The van der Waals surface area contributed by atoms with Gasteiger partial charge in [0.05, 0.1) is 20.0 Å². The predicted molar refractivity (Wildman–Crippen MR) is 84.3 cm³/mol. The number of hydrogen-bond donors (Lipinski definition) is 0. The van der Waals surface area contributed by atoms with E-state index in [9.17, 15) is 13.2 Å². The van der Waals surface area contributed by atoms with Crippen molar-refractivity contribution in [1.82, 2.24) is 0 Å². The van der Waals surface area contributed by atoms with E-state index in [1.807, 2.05) is 19.6 Å². The van der Waals surface area contributed by atoms with E-state index in [0.29, 0.717) is 37.4 Å². The standard InChI is InChI=1S/C12H27F3O3Si3/c1-19(10-4-7-13)16-20(2,11-5-8-14)18-21(3,17-19)12-6-9-15/h4-12H2,1-3H3. The molecule has 1 saturated heterocycles. The Hall–Kier alpha value is 0.321. The highest BCUT2D eigenvalue weighted by atomic mass is 28.5. The minimum Gasteiger partial charge on any atom is -0.416 e. The summed E-state index contributed by atoms with van der Waals surface area (Å²) in [5.41, 5.74) is 0. The molecule has 0 saturated carbocycles. The third-order valence-electron chi connectivity index (χ3n) is 3.59. The summed E-state index contributed by atoms with van der Waals surface area (Å²) in [7, 11) is -7.54. The quantitative estimate of drug-likeness (QED) is 0.572. The number of halogens is 3.